The van der Waals surface area contributed by atoms with Gasteiger partial charge < -0.3 is 0 Å². The maximum absolute atomic E-state index is 6.71. The highest BCUT2D eigenvalue weighted by molar-refractivity contribution is 6.21. The molecule has 1 heteroatoms. The second kappa shape index (κ2) is 6.95. The van der Waals surface area contributed by atoms with Gasteiger partial charge in [0.15, 0.2) is 0 Å². The smallest absolute Gasteiger partial charge is 0.0628 e. The Balaban J connectivity index is 2.25. The van der Waals surface area contributed by atoms with Crippen molar-refractivity contribution in [2.75, 3.05) is 0 Å². The van der Waals surface area contributed by atoms with Crippen molar-refractivity contribution >= 4 is 11.6 Å². The third-order valence-electron chi connectivity index (χ3n) is 3.83. The summed E-state index contributed by atoms with van der Waals surface area (Å²) in [6.07, 6.45) is 2.99. The molecule has 0 aliphatic rings. The van der Waals surface area contributed by atoms with Crippen LogP contribution < -0.4 is 0 Å². The zero-order chi connectivity index (χ0) is 14.5. The van der Waals surface area contributed by atoms with E-state index in [0.29, 0.717) is 0 Å². The molecule has 0 aromatic heterocycles. The van der Waals surface area contributed by atoms with Gasteiger partial charge in [-0.3, -0.25) is 0 Å². The van der Waals surface area contributed by atoms with E-state index in [1.54, 1.807) is 0 Å². The number of aryl methyl sites for hydroxylation is 3. The molecule has 1 unspecified atom stereocenters. The van der Waals surface area contributed by atoms with E-state index in [-0.39, 0.29) is 5.38 Å². The van der Waals surface area contributed by atoms with Crippen LogP contribution in [0.1, 0.15) is 47.0 Å². The first-order valence-electron chi connectivity index (χ1n) is 7.45. The van der Waals surface area contributed by atoms with Crippen LogP contribution in [0.15, 0.2) is 42.5 Å². The molecule has 2 aromatic rings. The van der Waals surface area contributed by atoms with Crippen LogP contribution in [0, 0.1) is 6.92 Å². The first-order chi connectivity index (χ1) is 9.63. The Hall–Kier alpha value is -1.27. The van der Waals surface area contributed by atoms with Gasteiger partial charge in [0.05, 0.1) is 5.38 Å². The molecule has 20 heavy (non-hydrogen) atoms. The van der Waals surface area contributed by atoms with Crippen molar-refractivity contribution in [3.05, 3.63) is 70.3 Å². The molecule has 0 spiro atoms. The average molecular weight is 287 g/mol. The summed E-state index contributed by atoms with van der Waals surface area (Å²) < 4.78 is 0. The van der Waals surface area contributed by atoms with Crippen molar-refractivity contribution in [1.82, 2.24) is 0 Å². The molecule has 2 aromatic carbocycles. The molecule has 1 atom stereocenters. The highest BCUT2D eigenvalue weighted by Crippen LogP contribution is 2.29. The van der Waals surface area contributed by atoms with Gasteiger partial charge in [0, 0.05) is 0 Å². The Kier molecular flexibility index (Phi) is 5.25. The van der Waals surface area contributed by atoms with Gasteiger partial charge in [0.1, 0.15) is 0 Å². The van der Waals surface area contributed by atoms with E-state index in [2.05, 4.69) is 63.2 Å². The van der Waals surface area contributed by atoms with Crippen molar-refractivity contribution in [1.29, 1.82) is 0 Å². The van der Waals surface area contributed by atoms with E-state index in [1.807, 2.05) is 0 Å². The van der Waals surface area contributed by atoms with E-state index >= 15 is 0 Å². The van der Waals surface area contributed by atoms with E-state index in [0.717, 1.165) is 19.3 Å². The van der Waals surface area contributed by atoms with Gasteiger partial charge in [-0.1, -0.05) is 61.9 Å². The molecule has 0 aliphatic carbocycles. The maximum atomic E-state index is 6.71. The zero-order valence-electron chi connectivity index (χ0n) is 12.6. The lowest BCUT2D eigenvalue weighted by atomic mass is 9.95. The Morgan fingerprint density at radius 1 is 0.950 bits per heavy atom. The quantitative estimate of drug-likeness (QED) is 0.624. The summed E-state index contributed by atoms with van der Waals surface area (Å²) in [7, 11) is 0. The van der Waals surface area contributed by atoms with Gasteiger partial charge in [-0.2, -0.15) is 0 Å². The van der Waals surface area contributed by atoms with E-state index < -0.39 is 0 Å². The Bertz CT molecular complexity index is 572. The molecular formula is C19H23Cl. The second-order valence-corrected chi connectivity index (χ2v) is 5.93. The molecule has 2 rings (SSSR count). The fraction of sp³-hybridized carbons (Fsp3) is 0.368. The van der Waals surface area contributed by atoms with Gasteiger partial charge in [0.25, 0.3) is 0 Å². The van der Waals surface area contributed by atoms with Crippen molar-refractivity contribution in [3.63, 3.8) is 0 Å². The Labute approximate surface area is 127 Å². The summed E-state index contributed by atoms with van der Waals surface area (Å²) >= 11 is 6.71. The molecule has 0 amide bonds. The maximum Gasteiger partial charge on any atom is 0.0628 e. The van der Waals surface area contributed by atoms with Crippen molar-refractivity contribution < 1.29 is 0 Å². The normalized spacial score (nSPS) is 12.4. The van der Waals surface area contributed by atoms with Crippen LogP contribution in [0.4, 0.5) is 0 Å². The lowest BCUT2D eigenvalue weighted by Gasteiger charge is -2.16. The summed E-state index contributed by atoms with van der Waals surface area (Å²) in [6.45, 7) is 6.51. The number of benzene rings is 2. The van der Waals surface area contributed by atoms with Gasteiger partial charge in [0.2, 0.25) is 0 Å². The summed E-state index contributed by atoms with van der Waals surface area (Å²) in [5.41, 5.74) is 6.65. The van der Waals surface area contributed by atoms with Crippen LogP contribution in [0.2, 0.25) is 0 Å². The molecule has 0 fully saturated rings. The second-order valence-electron chi connectivity index (χ2n) is 5.40. The van der Waals surface area contributed by atoms with E-state index in [1.165, 1.54) is 27.8 Å². The zero-order valence-corrected chi connectivity index (χ0v) is 13.4. The first kappa shape index (κ1) is 15.1. The van der Waals surface area contributed by atoms with Gasteiger partial charge in [-0.15, -0.1) is 11.6 Å². The van der Waals surface area contributed by atoms with Crippen molar-refractivity contribution in [2.45, 2.75) is 45.4 Å². The van der Waals surface area contributed by atoms with Crippen LogP contribution in [0.25, 0.3) is 0 Å². The summed E-state index contributed by atoms with van der Waals surface area (Å²) in [5.74, 6) is 0. The predicted molar refractivity (Wildman–Crippen MR) is 88.7 cm³/mol. The van der Waals surface area contributed by atoms with Crippen LogP contribution in [0.5, 0.6) is 0 Å². The number of alkyl halides is 1. The molecule has 0 heterocycles. The molecule has 0 nitrogen and oxygen atoms in total. The van der Waals surface area contributed by atoms with Crippen molar-refractivity contribution in [3.8, 4) is 0 Å². The monoisotopic (exact) mass is 286 g/mol. The lowest BCUT2D eigenvalue weighted by Crippen LogP contribution is -2.02. The van der Waals surface area contributed by atoms with Gasteiger partial charge in [-0.25, -0.2) is 0 Å². The summed E-state index contributed by atoms with van der Waals surface area (Å²) in [6, 6.07) is 15.4. The first-order valence-corrected chi connectivity index (χ1v) is 7.89. The summed E-state index contributed by atoms with van der Waals surface area (Å²) in [5, 5.41) is 0.0539. The Morgan fingerprint density at radius 2 is 1.75 bits per heavy atom. The van der Waals surface area contributed by atoms with E-state index in [4.69, 9.17) is 11.6 Å². The molecule has 106 valence electrons. The summed E-state index contributed by atoms with van der Waals surface area (Å²) in [4.78, 5) is 0. The Morgan fingerprint density at radius 3 is 2.40 bits per heavy atom. The topological polar surface area (TPSA) is 0 Å². The van der Waals surface area contributed by atoms with Crippen LogP contribution in [-0.2, 0) is 19.3 Å². The fourth-order valence-corrected chi connectivity index (χ4v) is 3.02. The predicted octanol–water partition coefficient (Wildman–Crippen LogP) is 5.64. The minimum absolute atomic E-state index is 0.0539. The minimum atomic E-state index is 0.0539. The molecule has 0 saturated carbocycles. The SMILES string of the molecule is CCc1ccc(CC)c(C(Cl)Cc2cccc(C)c2)c1. The third-order valence-corrected chi connectivity index (χ3v) is 4.22. The molecule has 0 N–H and O–H groups in total. The number of rotatable bonds is 5. The number of halogens is 1. The number of hydrogen-bond donors (Lipinski definition) is 0. The molecule has 0 aliphatic heterocycles. The van der Waals surface area contributed by atoms with E-state index in [9.17, 15) is 0 Å². The van der Waals surface area contributed by atoms with Crippen LogP contribution in [-0.4, -0.2) is 0 Å². The minimum Gasteiger partial charge on any atom is -0.117 e. The standard InChI is InChI=1S/C19H23Cl/c1-4-15-9-10-17(5-2)18(12-15)19(20)13-16-8-6-7-14(3)11-16/h6-12,19H,4-5,13H2,1-3H3. The largest absolute Gasteiger partial charge is 0.117 e. The molecule has 0 bridgehead atoms. The molecular weight excluding hydrogens is 264 g/mol. The molecule has 0 saturated heterocycles. The molecule has 0 radical (unpaired) electrons. The van der Waals surface area contributed by atoms with Crippen molar-refractivity contribution in [2.24, 2.45) is 0 Å². The highest BCUT2D eigenvalue weighted by atomic mass is 35.5. The third kappa shape index (κ3) is 3.64. The van der Waals surface area contributed by atoms with Crippen LogP contribution >= 0.6 is 11.6 Å². The average Bonchev–Trinajstić information content (AvgIpc) is 2.46. The van der Waals surface area contributed by atoms with Gasteiger partial charge >= 0.3 is 0 Å². The van der Waals surface area contributed by atoms with Crippen LogP contribution in [0.3, 0.4) is 0 Å². The lowest BCUT2D eigenvalue weighted by molar-refractivity contribution is 0.889. The highest BCUT2D eigenvalue weighted by Gasteiger charge is 2.13. The van der Waals surface area contributed by atoms with Gasteiger partial charge in [-0.05, 0) is 48.4 Å². The fourth-order valence-electron chi connectivity index (χ4n) is 2.63. The number of hydrogen-bond acceptors (Lipinski definition) is 0.